The lowest BCUT2D eigenvalue weighted by Gasteiger charge is -2.36. The molecular formula is C14H17FN2O2. The molecule has 1 unspecified atom stereocenters. The summed E-state index contributed by atoms with van der Waals surface area (Å²) in [6, 6.07) is 2.35. The zero-order chi connectivity index (χ0) is 13.8. The number of rotatable bonds is 2. The van der Waals surface area contributed by atoms with E-state index >= 15 is 0 Å². The van der Waals surface area contributed by atoms with Crippen LogP contribution < -0.4 is 16.2 Å². The average Bonchev–Trinajstić information content (AvgIpc) is 3.11. The Bertz CT molecular complexity index is 555. The number of carbonyl (C=O) groups is 1. The van der Waals surface area contributed by atoms with Crippen molar-refractivity contribution in [2.75, 3.05) is 6.61 Å². The maximum atomic E-state index is 13.6. The molecule has 0 radical (unpaired) electrons. The van der Waals surface area contributed by atoms with Gasteiger partial charge in [0.15, 0.2) is 0 Å². The number of nitrogens with two attached hydrogens (primary N) is 2. The molecule has 1 amide bonds. The van der Waals surface area contributed by atoms with Gasteiger partial charge in [0.05, 0.1) is 12.6 Å². The van der Waals surface area contributed by atoms with Crippen molar-refractivity contribution in [1.82, 2.24) is 0 Å². The van der Waals surface area contributed by atoms with Gasteiger partial charge in [0.1, 0.15) is 11.6 Å². The molecule has 0 bridgehead atoms. The predicted molar refractivity (Wildman–Crippen MR) is 68.2 cm³/mol. The number of carbonyl (C=O) groups excluding carboxylic acids is 1. The van der Waals surface area contributed by atoms with E-state index in [1.807, 2.05) is 0 Å². The van der Waals surface area contributed by atoms with Crippen LogP contribution in [0.15, 0.2) is 12.1 Å². The molecule has 102 valence electrons. The van der Waals surface area contributed by atoms with E-state index in [9.17, 15) is 9.18 Å². The van der Waals surface area contributed by atoms with E-state index in [1.54, 1.807) is 13.0 Å². The van der Waals surface area contributed by atoms with Crippen molar-refractivity contribution in [3.63, 3.8) is 0 Å². The van der Waals surface area contributed by atoms with Crippen molar-refractivity contribution < 1.29 is 13.9 Å². The number of hydrogen-bond acceptors (Lipinski definition) is 3. The summed E-state index contributed by atoms with van der Waals surface area (Å²) in [5.41, 5.74) is 12.6. The van der Waals surface area contributed by atoms with Gasteiger partial charge in [-0.05, 0) is 31.4 Å². The lowest BCUT2D eigenvalue weighted by molar-refractivity contribution is -0.120. The van der Waals surface area contributed by atoms with E-state index in [1.165, 1.54) is 6.07 Å². The fourth-order valence-corrected chi connectivity index (χ4v) is 3.05. The molecule has 5 heteroatoms. The van der Waals surface area contributed by atoms with Crippen molar-refractivity contribution in [1.29, 1.82) is 0 Å². The number of hydrogen-bond donors (Lipinski definition) is 2. The van der Waals surface area contributed by atoms with Gasteiger partial charge in [-0.3, -0.25) is 4.79 Å². The summed E-state index contributed by atoms with van der Waals surface area (Å²) in [6.45, 7) is 2.17. The second kappa shape index (κ2) is 3.93. The fourth-order valence-electron chi connectivity index (χ4n) is 3.05. The molecule has 2 atom stereocenters. The molecule has 4 N–H and O–H groups in total. The third kappa shape index (κ3) is 1.80. The van der Waals surface area contributed by atoms with Crippen LogP contribution in [0, 0.1) is 18.2 Å². The third-order valence-corrected chi connectivity index (χ3v) is 4.38. The smallest absolute Gasteiger partial charge is 0.234 e. The van der Waals surface area contributed by atoms with E-state index in [0.29, 0.717) is 17.9 Å². The first-order chi connectivity index (χ1) is 8.94. The standard InChI is InChI=1S/C14H17FN2O2/c1-7-4-8-10(5-9(7)15)19-6-14(2-3-14)11(8)12(16)13(17)18/h4-5,11-12H,2-3,6,16H2,1H3,(H2,17,18)/t11?,12-/m0/s1. The highest BCUT2D eigenvalue weighted by Gasteiger charge is 2.56. The Morgan fingerprint density at radius 3 is 2.79 bits per heavy atom. The molecule has 1 aliphatic heterocycles. The first-order valence-corrected chi connectivity index (χ1v) is 6.42. The van der Waals surface area contributed by atoms with Crippen LogP contribution in [0.1, 0.15) is 29.9 Å². The molecule has 0 saturated heterocycles. The second-order valence-corrected chi connectivity index (χ2v) is 5.70. The van der Waals surface area contributed by atoms with Gasteiger partial charge in [-0.15, -0.1) is 0 Å². The Hall–Kier alpha value is -1.62. The topological polar surface area (TPSA) is 78.3 Å². The minimum absolute atomic E-state index is 0.0916. The van der Waals surface area contributed by atoms with Crippen LogP contribution in [0.2, 0.25) is 0 Å². The number of benzene rings is 1. The van der Waals surface area contributed by atoms with Crippen LogP contribution in [-0.2, 0) is 4.79 Å². The fraction of sp³-hybridized carbons (Fsp3) is 0.500. The summed E-state index contributed by atoms with van der Waals surface area (Å²) < 4.78 is 19.2. The normalized spacial score (nSPS) is 24.5. The molecule has 1 saturated carbocycles. The summed E-state index contributed by atoms with van der Waals surface area (Å²) in [7, 11) is 0. The number of halogens is 1. The number of amides is 1. The molecule has 1 aromatic rings. The number of primary amides is 1. The van der Waals surface area contributed by atoms with Gasteiger partial charge >= 0.3 is 0 Å². The van der Waals surface area contributed by atoms with Gasteiger partial charge in [-0.1, -0.05) is 0 Å². The van der Waals surface area contributed by atoms with Gasteiger partial charge in [-0.2, -0.15) is 0 Å². The van der Waals surface area contributed by atoms with E-state index in [4.69, 9.17) is 16.2 Å². The van der Waals surface area contributed by atoms with Gasteiger partial charge in [0.25, 0.3) is 0 Å². The molecule has 2 aliphatic rings. The largest absolute Gasteiger partial charge is 0.493 e. The second-order valence-electron chi connectivity index (χ2n) is 5.70. The highest BCUT2D eigenvalue weighted by Crippen LogP contribution is 2.60. The van der Waals surface area contributed by atoms with Crippen molar-refractivity contribution >= 4 is 5.91 Å². The summed E-state index contributed by atoms with van der Waals surface area (Å²) in [4.78, 5) is 11.5. The Morgan fingerprint density at radius 1 is 1.53 bits per heavy atom. The number of ether oxygens (including phenoxy) is 1. The van der Waals surface area contributed by atoms with Gasteiger partial charge in [-0.25, -0.2) is 4.39 Å². The van der Waals surface area contributed by atoms with E-state index < -0.39 is 11.9 Å². The van der Waals surface area contributed by atoms with Crippen molar-refractivity contribution in [2.45, 2.75) is 31.7 Å². The molecular weight excluding hydrogens is 247 g/mol. The maximum Gasteiger partial charge on any atom is 0.234 e. The minimum atomic E-state index is -0.755. The Morgan fingerprint density at radius 2 is 2.21 bits per heavy atom. The maximum absolute atomic E-state index is 13.6. The monoisotopic (exact) mass is 264 g/mol. The molecule has 0 aromatic heterocycles. The highest BCUT2D eigenvalue weighted by atomic mass is 19.1. The number of aryl methyl sites for hydroxylation is 1. The lowest BCUT2D eigenvalue weighted by atomic mass is 9.76. The zero-order valence-electron chi connectivity index (χ0n) is 10.8. The molecule has 1 spiro atoms. The third-order valence-electron chi connectivity index (χ3n) is 4.38. The summed E-state index contributed by atoms with van der Waals surface area (Å²) >= 11 is 0. The van der Waals surface area contributed by atoms with Crippen molar-refractivity contribution in [3.05, 3.63) is 29.1 Å². The van der Waals surface area contributed by atoms with Crippen LogP contribution in [0.5, 0.6) is 5.75 Å². The Labute approximate surface area is 110 Å². The molecule has 3 rings (SSSR count). The summed E-state index contributed by atoms with van der Waals surface area (Å²) in [5, 5.41) is 0. The zero-order valence-corrected chi connectivity index (χ0v) is 10.8. The first-order valence-electron chi connectivity index (χ1n) is 6.42. The lowest BCUT2D eigenvalue weighted by Crippen LogP contribution is -2.47. The molecule has 1 aliphatic carbocycles. The summed E-state index contributed by atoms with van der Waals surface area (Å²) in [5.74, 6) is -0.515. The van der Waals surface area contributed by atoms with Crippen LogP contribution in [0.25, 0.3) is 0 Å². The van der Waals surface area contributed by atoms with Gasteiger partial charge in [0.2, 0.25) is 5.91 Å². The Kier molecular flexibility index (Phi) is 2.57. The van der Waals surface area contributed by atoms with E-state index in [-0.39, 0.29) is 17.2 Å². The van der Waals surface area contributed by atoms with Crippen LogP contribution in [-0.4, -0.2) is 18.6 Å². The molecule has 1 aromatic carbocycles. The molecule has 1 fully saturated rings. The predicted octanol–water partition coefficient (Wildman–Crippen LogP) is 1.20. The van der Waals surface area contributed by atoms with Crippen molar-refractivity contribution in [2.24, 2.45) is 16.9 Å². The minimum Gasteiger partial charge on any atom is -0.493 e. The van der Waals surface area contributed by atoms with E-state index in [0.717, 1.165) is 18.4 Å². The molecule has 19 heavy (non-hydrogen) atoms. The van der Waals surface area contributed by atoms with Gasteiger partial charge < -0.3 is 16.2 Å². The Balaban J connectivity index is 2.11. The average molecular weight is 264 g/mol. The molecule has 1 heterocycles. The van der Waals surface area contributed by atoms with E-state index in [2.05, 4.69) is 0 Å². The van der Waals surface area contributed by atoms with Crippen LogP contribution >= 0.6 is 0 Å². The van der Waals surface area contributed by atoms with Crippen molar-refractivity contribution in [3.8, 4) is 5.75 Å². The van der Waals surface area contributed by atoms with Gasteiger partial charge in [0, 0.05) is 23.0 Å². The quantitative estimate of drug-likeness (QED) is 0.842. The SMILES string of the molecule is Cc1cc2c(cc1F)OCC1(CC1)C2[C@H](N)C(N)=O. The van der Waals surface area contributed by atoms with Crippen LogP contribution in [0.4, 0.5) is 4.39 Å². The first kappa shape index (κ1) is 12.4. The van der Waals surface area contributed by atoms with Crippen LogP contribution in [0.3, 0.4) is 0 Å². The number of fused-ring (bicyclic) bond motifs is 1. The summed E-state index contributed by atoms with van der Waals surface area (Å²) in [6.07, 6.45) is 1.93. The molecule has 4 nitrogen and oxygen atoms in total. The highest BCUT2D eigenvalue weighted by molar-refractivity contribution is 5.81.